The monoisotopic (exact) mass is 314 g/mol. The lowest BCUT2D eigenvalue weighted by molar-refractivity contribution is 0.0340. The number of hydrogen-bond donors (Lipinski definition) is 3. The average molecular weight is 314 g/mol. The first-order valence-electron chi connectivity index (χ1n) is 8.03. The van der Waals surface area contributed by atoms with Crippen LogP contribution in [0.1, 0.15) is 24.0 Å². The van der Waals surface area contributed by atoms with Crippen LogP contribution in [0.25, 0.3) is 0 Å². The molecule has 2 aromatic carbocycles. The number of nitrogens with one attached hydrogen (secondary N) is 1. The number of aryl methyl sites for hydroxylation is 2. The van der Waals surface area contributed by atoms with E-state index >= 15 is 0 Å². The van der Waals surface area contributed by atoms with Crippen molar-refractivity contribution in [2.75, 3.05) is 11.9 Å². The van der Waals surface area contributed by atoms with E-state index < -0.39 is 12.3 Å². The molecule has 0 radical (unpaired) electrons. The Hall–Kier alpha value is -2.04. The molecule has 2 rings (SSSR count). The van der Waals surface area contributed by atoms with Gasteiger partial charge >= 0.3 is 0 Å². The lowest BCUT2D eigenvalue weighted by Crippen LogP contribution is -2.40. The number of nitrogens with two attached hydrogens (primary N) is 1. The lowest BCUT2D eigenvalue weighted by Gasteiger charge is -2.20. The van der Waals surface area contributed by atoms with E-state index in [2.05, 4.69) is 37.4 Å². The van der Waals surface area contributed by atoms with Gasteiger partial charge in [0.25, 0.3) is 0 Å². The topological polar surface area (TPSA) is 67.5 Å². The molecule has 2 unspecified atom stereocenters. The highest BCUT2D eigenvalue weighted by Gasteiger charge is 2.16. The van der Waals surface area contributed by atoms with E-state index in [-0.39, 0.29) is 0 Å². The average Bonchev–Trinajstić information content (AvgIpc) is 2.54. The first-order chi connectivity index (χ1) is 11.1. The van der Waals surface area contributed by atoms with Crippen LogP contribution in [0.4, 0.5) is 5.69 Å². The smallest absolute Gasteiger partial charge is 0.173 e. The Bertz CT molecular complexity index is 581. The predicted molar refractivity (Wildman–Crippen MR) is 94.7 cm³/mol. The quantitative estimate of drug-likeness (QED) is 0.517. The Morgan fingerprint density at radius 3 is 2.35 bits per heavy atom. The molecule has 2 atom stereocenters. The highest BCUT2D eigenvalue weighted by atomic mass is 16.5. The Morgan fingerprint density at radius 2 is 1.70 bits per heavy atom. The molecule has 0 saturated heterocycles. The molecule has 0 spiro atoms. The van der Waals surface area contributed by atoms with E-state index in [0.29, 0.717) is 12.2 Å². The van der Waals surface area contributed by atoms with Crippen molar-refractivity contribution in [1.29, 1.82) is 0 Å². The maximum atomic E-state index is 10.1. The van der Waals surface area contributed by atoms with Crippen molar-refractivity contribution in [2.24, 2.45) is 5.73 Å². The lowest BCUT2D eigenvalue weighted by atomic mass is 10.1. The van der Waals surface area contributed by atoms with E-state index in [1.165, 1.54) is 16.8 Å². The van der Waals surface area contributed by atoms with Crippen LogP contribution < -0.4 is 15.8 Å². The van der Waals surface area contributed by atoms with Crippen LogP contribution in [0.2, 0.25) is 0 Å². The minimum absolute atomic E-state index is 0.589. The largest absolute Gasteiger partial charge is 0.473 e. The van der Waals surface area contributed by atoms with Gasteiger partial charge in [0.1, 0.15) is 11.9 Å². The minimum Gasteiger partial charge on any atom is -0.473 e. The number of hydrogen-bond acceptors (Lipinski definition) is 4. The first kappa shape index (κ1) is 17.3. The third-order valence-corrected chi connectivity index (χ3v) is 3.85. The molecule has 0 aliphatic rings. The molecule has 0 heterocycles. The van der Waals surface area contributed by atoms with Crippen molar-refractivity contribution in [2.45, 2.75) is 39.0 Å². The van der Waals surface area contributed by atoms with E-state index in [1.54, 1.807) is 0 Å². The van der Waals surface area contributed by atoms with Crippen molar-refractivity contribution in [3.05, 3.63) is 59.7 Å². The zero-order valence-corrected chi connectivity index (χ0v) is 13.8. The highest BCUT2D eigenvalue weighted by Crippen LogP contribution is 2.19. The molecule has 0 aliphatic heterocycles. The second-order valence-electron chi connectivity index (χ2n) is 5.80. The van der Waals surface area contributed by atoms with Gasteiger partial charge in [-0.25, -0.2) is 0 Å². The van der Waals surface area contributed by atoms with Crippen LogP contribution in [0, 0.1) is 13.8 Å². The van der Waals surface area contributed by atoms with Crippen molar-refractivity contribution in [1.82, 2.24) is 0 Å². The summed E-state index contributed by atoms with van der Waals surface area (Å²) in [6.07, 6.45) is 0.0137. The maximum Gasteiger partial charge on any atom is 0.173 e. The van der Waals surface area contributed by atoms with Crippen molar-refractivity contribution in [3.8, 4) is 5.75 Å². The standard InChI is InChI=1S/C19H26N2O2/c1-14-8-6-9-15(2)18(14)21-13-7-12-17(22)19(20)23-16-10-4-3-5-11-16/h3-6,8-11,17,19,21-22H,7,12-13,20H2,1-2H3. The second kappa shape index (κ2) is 8.56. The van der Waals surface area contributed by atoms with Gasteiger partial charge in [-0.1, -0.05) is 36.4 Å². The van der Waals surface area contributed by atoms with Gasteiger partial charge in [-0.2, -0.15) is 0 Å². The number of para-hydroxylation sites is 2. The second-order valence-corrected chi connectivity index (χ2v) is 5.80. The molecule has 0 saturated carbocycles. The van der Waals surface area contributed by atoms with Crippen LogP contribution in [0.15, 0.2) is 48.5 Å². The van der Waals surface area contributed by atoms with Crippen molar-refractivity contribution in [3.63, 3.8) is 0 Å². The normalized spacial score (nSPS) is 13.4. The van der Waals surface area contributed by atoms with Gasteiger partial charge in [0.15, 0.2) is 6.23 Å². The molecule has 4 nitrogen and oxygen atoms in total. The van der Waals surface area contributed by atoms with Gasteiger partial charge in [-0.3, -0.25) is 5.73 Å². The zero-order valence-electron chi connectivity index (χ0n) is 13.8. The predicted octanol–water partition coefficient (Wildman–Crippen LogP) is 3.22. The van der Waals surface area contributed by atoms with E-state index in [0.717, 1.165) is 13.0 Å². The first-order valence-corrected chi connectivity index (χ1v) is 8.03. The number of ether oxygens (including phenoxy) is 1. The highest BCUT2D eigenvalue weighted by molar-refractivity contribution is 5.56. The summed E-state index contributed by atoms with van der Waals surface area (Å²) in [5, 5.41) is 13.5. The van der Waals surface area contributed by atoms with Gasteiger partial charge in [-0.05, 0) is 49.9 Å². The van der Waals surface area contributed by atoms with Crippen molar-refractivity contribution < 1.29 is 9.84 Å². The summed E-state index contributed by atoms with van der Waals surface area (Å²) in [6.45, 7) is 4.97. The summed E-state index contributed by atoms with van der Waals surface area (Å²) in [6, 6.07) is 15.6. The zero-order chi connectivity index (χ0) is 16.7. The maximum absolute atomic E-state index is 10.1. The Labute approximate surface area is 138 Å². The van der Waals surface area contributed by atoms with Crippen molar-refractivity contribution >= 4 is 5.69 Å². The molecule has 0 bridgehead atoms. The Balaban J connectivity index is 1.73. The molecule has 4 heteroatoms. The third-order valence-electron chi connectivity index (χ3n) is 3.85. The molecule has 0 fully saturated rings. The van der Waals surface area contributed by atoms with Gasteiger partial charge in [-0.15, -0.1) is 0 Å². The van der Waals surface area contributed by atoms with E-state index in [1.807, 2.05) is 30.3 Å². The SMILES string of the molecule is Cc1cccc(C)c1NCCCC(O)C(N)Oc1ccccc1. The molecule has 4 N–H and O–H groups in total. The summed E-state index contributed by atoms with van der Waals surface area (Å²) in [5.74, 6) is 0.674. The van der Waals surface area contributed by atoms with Gasteiger partial charge in [0, 0.05) is 12.2 Å². The molecule has 2 aromatic rings. The summed E-state index contributed by atoms with van der Waals surface area (Å²) < 4.78 is 5.54. The molecule has 0 amide bonds. The van der Waals surface area contributed by atoms with Gasteiger partial charge in [0.05, 0.1) is 0 Å². The van der Waals surface area contributed by atoms with Gasteiger partial charge in [0.2, 0.25) is 0 Å². The Kier molecular flexibility index (Phi) is 6.44. The molecule has 0 aromatic heterocycles. The molecular formula is C19H26N2O2. The van der Waals surface area contributed by atoms with Crippen LogP contribution in [0.3, 0.4) is 0 Å². The summed E-state index contributed by atoms with van der Waals surface area (Å²) in [4.78, 5) is 0. The molecule has 23 heavy (non-hydrogen) atoms. The van der Waals surface area contributed by atoms with Crippen LogP contribution in [0.5, 0.6) is 5.75 Å². The molecule has 124 valence electrons. The van der Waals surface area contributed by atoms with Crippen LogP contribution >= 0.6 is 0 Å². The van der Waals surface area contributed by atoms with Crippen LogP contribution in [-0.2, 0) is 0 Å². The fourth-order valence-corrected chi connectivity index (χ4v) is 2.52. The fraction of sp³-hybridized carbons (Fsp3) is 0.368. The third kappa shape index (κ3) is 5.27. The number of aliphatic hydroxyl groups excluding tert-OH is 1. The summed E-state index contributed by atoms with van der Waals surface area (Å²) >= 11 is 0. The number of rotatable bonds is 8. The summed E-state index contributed by atoms with van der Waals surface area (Å²) in [5.41, 5.74) is 9.53. The fourth-order valence-electron chi connectivity index (χ4n) is 2.52. The van der Waals surface area contributed by atoms with Gasteiger partial charge < -0.3 is 15.2 Å². The Morgan fingerprint density at radius 1 is 1.04 bits per heavy atom. The molecular weight excluding hydrogens is 288 g/mol. The van der Waals surface area contributed by atoms with E-state index in [9.17, 15) is 5.11 Å². The summed E-state index contributed by atoms with van der Waals surface area (Å²) in [7, 11) is 0. The van der Waals surface area contributed by atoms with E-state index in [4.69, 9.17) is 10.5 Å². The number of anilines is 1. The number of benzene rings is 2. The molecule has 0 aliphatic carbocycles. The van der Waals surface area contributed by atoms with Crippen LogP contribution in [-0.4, -0.2) is 24.0 Å². The number of aliphatic hydroxyl groups is 1. The minimum atomic E-state index is -0.711.